The van der Waals surface area contributed by atoms with Gasteiger partial charge in [0.25, 0.3) is 0 Å². The van der Waals surface area contributed by atoms with Crippen LogP contribution < -0.4 is 9.46 Å². The topological polar surface area (TPSA) is 55.4 Å². The predicted molar refractivity (Wildman–Crippen MR) is 102 cm³/mol. The van der Waals surface area contributed by atoms with E-state index in [1.165, 1.54) is 5.56 Å². The van der Waals surface area contributed by atoms with Gasteiger partial charge in [-0.25, -0.2) is 13.1 Å². The van der Waals surface area contributed by atoms with Gasteiger partial charge in [0.15, 0.2) is 0 Å². The zero-order valence-corrected chi connectivity index (χ0v) is 16.8. The molecule has 2 aromatic rings. The highest BCUT2D eigenvalue weighted by atomic mass is 32.2. The van der Waals surface area contributed by atoms with Crippen LogP contribution in [-0.2, 0) is 10.0 Å². The van der Waals surface area contributed by atoms with Crippen molar-refractivity contribution in [3.05, 3.63) is 57.6 Å². The van der Waals surface area contributed by atoms with E-state index in [-0.39, 0.29) is 6.04 Å². The maximum absolute atomic E-state index is 12.9. The molecule has 0 aliphatic heterocycles. The molecular formula is C20H27NO3S. The molecule has 4 nitrogen and oxygen atoms in total. The minimum Gasteiger partial charge on any atom is -0.496 e. The minimum atomic E-state index is -3.63. The summed E-state index contributed by atoms with van der Waals surface area (Å²) in [4.78, 5) is 0.291. The molecule has 5 heteroatoms. The number of sulfonamides is 1. The Labute approximate surface area is 151 Å². The summed E-state index contributed by atoms with van der Waals surface area (Å²) >= 11 is 0. The predicted octanol–water partition coefficient (Wildman–Crippen LogP) is 4.28. The van der Waals surface area contributed by atoms with Gasteiger partial charge in [-0.1, -0.05) is 12.1 Å². The molecule has 25 heavy (non-hydrogen) atoms. The fourth-order valence-corrected chi connectivity index (χ4v) is 4.62. The summed E-state index contributed by atoms with van der Waals surface area (Å²) in [6.45, 7) is 11.6. The van der Waals surface area contributed by atoms with Crippen molar-refractivity contribution in [2.75, 3.05) is 7.11 Å². The Bertz CT molecular complexity index is 902. The average Bonchev–Trinajstić information content (AvgIpc) is 2.51. The van der Waals surface area contributed by atoms with Crippen LogP contribution in [0.15, 0.2) is 29.2 Å². The van der Waals surface area contributed by atoms with Gasteiger partial charge in [0.2, 0.25) is 10.0 Å². The molecule has 1 atom stereocenters. The number of nitrogens with one attached hydrogen (secondary N) is 1. The summed E-state index contributed by atoms with van der Waals surface area (Å²) in [5.41, 5.74) is 5.90. The van der Waals surface area contributed by atoms with Crippen LogP contribution in [0.3, 0.4) is 0 Å². The number of methoxy groups -OCH3 is 1. The van der Waals surface area contributed by atoms with Crippen LogP contribution in [0.25, 0.3) is 0 Å². The van der Waals surface area contributed by atoms with E-state index in [1.807, 2.05) is 27.7 Å². The van der Waals surface area contributed by atoms with E-state index >= 15 is 0 Å². The number of hydrogen-bond donors (Lipinski definition) is 1. The molecule has 136 valence electrons. The molecule has 0 saturated heterocycles. The molecule has 1 N–H and O–H groups in total. The number of benzene rings is 2. The van der Waals surface area contributed by atoms with Gasteiger partial charge in [-0.15, -0.1) is 0 Å². The fourth-order valence-electron chi connectivity index (χ4n) is 3.08. The first-order chi connectivity index (χ1) is 11.6. The second kappa shape index (κ2) is 7.18. The van der Waals surface area contributed by atoms with Crippen molar-refractivity contribution in [2.24, 2.45) is 0 Å². The van der Waals surface area contributed by atoms with E-state index in [0.29, 0.717) is 16.2 Å². The molecule has 0 radical (unpaired) electrons. The molecule has 0 fully saturated rings. The molecule has 0 bridgehead atoms. The van der Waals surface area contributed by atoms with Crippen LogP contribution >= 0.6 is 0 Å². The summed E-state index contributed by atoms with van der Waals surface area (Å²) < 4.78 is 33.9. The number of aryl methyl sites for hydroxylation is 5. The Balaban J connectivity index is 2.39. The van der Waals surface area contributed by atoms with E-state index in [2.05, 4.69) is 23.8 Å². The minimum absolute atomic E-state index is 0.291. The van der Waals surface area contributed by atoms with Gasteiger partial charge in [0.05, 0.1) is 12.0 Å². The molecule has 0 heterocycles. The van der Waals surface area contributed by atoms with E-state index in [4.69, 9.17) is 4.74 Å². The van der Waals surface area contributed by atoms with Crippen LogP contribution in [0.1, 0.15) is 46.3 Å². The molecule has 0 aromatic heterocycles. The quantitative estimate of drug-likeness (QED) is 0.865. The van der Waals surface area contributed by atoms with Crippen molar-refractivity contribution in [2.45, 2.75) is 52.5 Å². The van der Waals surface area contributed by atoms with Crippen molar-refractivity contribution in [3.8, 4) is 5.75 Å². The monoisotopic (exact) mass is 361 g/mol. The molecule has 0 aliphatic carbocycles. The van der Waals surface area contributed by atoms with Crippen LogP contribution in [-0.4, -0.2) is 15.5 Å². The summed E-state index contributed by atoms with van der Waals surface area (Å²) in [5, 5.41) is 0. The number of hydrogen-bond acceptors (Lipinski definition) is 3. The van der Waals surface area contributed by atoms with Gasteiger partial charge in [-0.05, 0) is 87.1 Å². The Morgan fingerprint density at radius 3 is 2.04 bits per heavy atom. The highest BCUT2D eigenvalue weighted by Gasteiger charge is 2.22. The Morgan fingerprint density at radius 2 is 1.44 bits per heavy atom. The molecule has 2 aromatic carbocycles. The molecule has 2 rings (SSSR count). The second-order valence-corrected chi connectivity index (χ2v) is 8.41. The molecule has 1 unspecified atom stereocenters. The SMILES string of the molecule is COc1cc(C)c(S(=O)(=O)NC(C)c2cc(C)c(C)cc2C)cc1C. The van der Waals surface area contributed by atoms with Gasteiger partial charge < -0.3 is 4.74 Å². The van der Waals surface area contributed by atoms with E-state index in [1.54, 1.807) is 26.2 Å². The Morgan fingerprint density at radius 1 is 0.840 bits per heavy atom. The molecule has 0 aliphatic rings. The summed E-state index contributed by atoms with van der Waals surface area (Å²) in [6, 6.07) is 7.26. The highest BCUT2D eigenvalue weighted by Crippen LogP contribution is 2.28. The van der Waals surface area contributed by atoms with Gasteiger partial charge in [-0.2, -0.15) is 0 Å². The van der Waals surface area contributed by atoms with Crippen LogP contribution in [0.2, 0.25) is 0 Å². The highest BCUT2D eigenvalue weighted by molar-refractivity contribution is 7.89. The second-order valence-electron chi connectivity index (χ2n) is 6.72. The average molecular weight is 362 g/mol. The van der Waals surface area contributed by atoms with E-state index in [0.717, 1.165) is 22.3 Å². The van der Waals surface area contributed by atoms with Gasteiger partial charge in [0, 0.05) is 6.04 Å². The van der Waals surface area contributed by atoms with E-state index in [9.17, 15) is 8.42 Å². The smallest absolute Gasteiger partial charge is 0.241 e. The van der Waals surface area contributed by atoms with Crippen molar-refractivity contribution >= 4 is 10.0 Å². The number of rotatable bonds is 5. The largest absolute Gasteiger partial charge is 0.496 e. The van der Waals surface area contributed by atoms with E-state index < -0.39 is 10.0 Å². The lowest BCUT2D eigenvalue weighted by Crippen LogP contribution is -2.28. The Kier molecular flexibility index (Phi) is 5.59. The van der Waals surface area contributed by atoms with Gasteiger partial charge in [0.1, 0.15) is 5.75 Å². The first-order valence-electron chi connectivity index (χ1n) is 8.32. The zero-order chi connectivity index (χ0) is 18.9. The normalized spacial score (nSPS) is 12.9. The van der Waals surface area contributed by atoms with Gasteiger partial charge >= 0.3 is 0 Å². The van der Waals surface area contributed by atoms with Crippen molar-refractivity contribution < 1.29 is 13.2 Å². The molecule has 0 amide bonds. The standard InChI is InChI=1S/C20H27NO3S/c1-12-8-14(3)18(9-13(12)2)17(6)21-25(22,23)20-11-15(4)19(24-7)10-16(20)5/h8-11,17,21H,1-7H3. The number of ether oxygens (including phenoxy) is 1. The summed E-state index contributed by atoms with van der Waals surface area (Å²) in [5.74, 6) is 0.689. The lowest BCUT2D eigenvalue weighted by Gasteiger charge is -2.20. The van der Waals surface area contributed by atoms with Crippen LogP contribution in [0, 0.1) is 34.6 Å². The third-order valence-electron chi connectivity index (χ3n) is 4.66. The molecule has 0 spiro atoms. The lowest BCUT2D eigenvalue weighted by atomic mass is 9.97. The maximum atomic E-state index is 12.9. The third-order valence-corrected chi connectivity index (χ3v) is 6.35. The summed E-state index contributed by atoms with van der Waals surface area (Å²) in [6.07, 6.45) is 0. The first kappa shape index (κ1) is 19.5. The maximum Gasteiger partial charge on any atom is 0.241 e. The van der Waals surface area contributed by atoms with Gasteiger partial charge in [-0.3, -0.25) is 0 Å². The molecule has 0 saturated carbocycles. The van der Waals surface area contributed by atoms with Crippen molar-refractivity contribution in [3.63, 3.8) is 0 Å². The van der Waals surface area contributed by atoms with Crippen molar-refractivity contribution in [1.82, 2.24) is 4.72 Å². The Hall–Kier alpha value is -1.85. The lowest BCUT2D eigenvalue weighted by molar-refractivity contribution is 0.411. The van der Waals surface area contributed by atoms with Crippen molar-refractivity contribution in [1.29, 1.82) is 0 Å². The molecular weight excluding hydrogens is 334 g/mol. The first-order valence-corrected chi connectivity index (χ1v) is 9.80. The van der Waals surface area contributed by atoms with Crippen LogP contribution in [0.5, 0.6) is 5.75 Å². The summed E-state index contributed by atoms with van der Waals surface area (Å²) in [7, 11) is -2.05. The van der Waals surface area contributed by atoms with Crippen LogP contribution in [0.4, 0.5) is 0 Å². The fraction of sp³-hybridized carbons (Fsp3) is 0.400. The zero-order valence-electron chi connectivity index (χ0n) is 16.0. The third kappa shape index (κ3) is 4.05.